The van der Waals surface area contributed by atoms with Crippen LogP contribution in [-0.2, 0) is 28.7 Å². The van der Waals surface area contributed by atoms with Crippen LogP contribution in [0.2, 0.25) is 0 Å². The highest BCUT2D eigenvalue weighted by molar-refractivity contribution is 7.82. The fraction of sp³-hybridized carbons (Fsp3) is 0.407. The van der Waals surface area contributed by atoms with E-state index in [1.54, 1.807) is 34.7 Å². The van der Waals surface area contributed by atoms with Gasteiger partial charge in [0.2, 0.25) is 5.88 Å². The molecule has 0 saturated carbocycles. The summed E-state index contributed by atoms with van der Waals surface area (Å²) in [5.41, 5.74) is 9.65. The molecule has 1 unspecified atom stereocenters. The van der Waals surface area contributed by atoms with Crippen LogP contribution in [0.1, 0.15) is 48.1 Å². The summed E-state index contributed by atoms with van der Waals surface area (Å²) in [6.07, 6.45) is 2.28. The lowest BCUT2D eigenvalue weighted by Crippen LogP contribution is -2.31. The van der Waals surface area contributed by atoms with E-state index >= 15 is 0 Å². The number of para-hydroxylation sites is 1. The van der Waals surface area contributed by atoms with E-state index in [0.717, 1.165) is 38.8 Å². The van der Waals surface area contributed by atoms with Gasteiger partial charge in [-0.05, 0) is 62.6 Å². The number of carboxylic acids is 1. The van der Waals surface area contributed by atoms with Crippen LogP contribution in [0, 0.1) is 13.8 Å². The molecule has 0 aliphatic carbocycles. The summed E-state index contributed by atoms with van der Waals surface area (Å²) in [5.74, 6) is 5.36. The molecule has 0 amide bonds. The Kier molecular flexibility index (Phi) is 12.7. The maximum Gasteiger partial charge on any atom is 0.303 e. The lowest BCUT2D eigenvalue weighted by atomic mass is 10.1. The van der Waals surface area contributed by atoms with Crippen molar-refractivity contribution < 1.29 is 18.8 Å². The quantitative estimate of drug-likeness (QED) is 0.215. The van der Waals surface area contributed by atoms with E-state index in [0.29, 0.717) is 36.9 Å². The van der Waals surface area contributed by atoms with Crippen molar-refractivity contribution in [3.63, 3.8) is 0 Å². The van der Waals surface area contributed by atoms with Crippen LogP contribution in [0.4, 0.5) is 11.4 Å². The lowest BCUT2D eigenvalue weighted by Gasteiger charge is -2.19. The van der Waals surface area contributed by atoms with E-state index in [4.69, 9.17) is 21.4 Å². The number of carbonyl (C=O) groups is 1. The van der Waals surface area contributed by atoms with Gasteiger partial charge < -0.3 is 20.6 Å². The van der Waals surface area contributed by atoms with Crippen molar-refractivity contribution >= 4 is 39.7 Å². The Morgan fingerprint density at radius 3 is 2.68 bits per heavy atom. The number of nitrogens with two attached hydrogens (primary N) is 2. The van der Waals surface area contributed by atoms with Crippen LogP contribution < -0.4 is 21.3 Å². The highest BCUT2D eigenvalue weighted by atomic mass is 32.2. The molecular formula is C27H39N5O4S2. The van der Waals surface area contributed by atoms with E-state index in [-0.39, 0.29) is 6.42 Å². The van der Waals surface area contributed by atoms with Gasteiger partial charge in [0.05, 0.1) is 17.8 Å². The summed E-state index contributed by atoms with van der Waals surface area (Å²) in [5, 5.41) is 10.4. The van der Waals surface area contributed by atoms with E-state index in [1.165, 1.54) is 0 Å². The smallest absolute Gasteiger partial charge is 0.303 e. The molecule has 3 aromatic rings. The van der Waals surface area contributed by atoms with E-state index in [2.05, 4.69) is 4.98 Å². The minimum atomic E-state index is -1.32. The molecule has 1 atom stereocenters. The summed E-state index contributed by atoms with van der Waals surface area (Å²) in [6, 6.07) is 11.4. The van der Waals surface area contributed by atoms with E-state index < -0.39 is 17.0 Å². The second-order valence-corrected chi connectivity index (χ2v) is 11.0. The number of hydrogen-bond acceptors (Lipinski definition) is 8. The third-order valence-corrected chi connectivity index (χ3v) is 8.31. The number of carboxylic acid groups (broad SMARTS) is 1. The standard InChI is InChI=1S/C16H18N2O4S2.C9H15N3.C2H6/c1-11-12(9-13(23-11)4-5-15(19)20)10-18-7-8-22-16-14(24(18)21)3-2-6-17-16;1-3-12(11)8-6-4-5-7(2)9(8)10;1-2/h2-3,6,9H,4-5,7-8,10H2,1H3,(H,19,20);4-6H,3,10-11H2,1-2H3;1-2H3. The van der Waals surface area contributed by atoms with Crippen molar-refractivity contribution in [3.8, 4) is 5.88 Å². The van der Waals surface area contributed by atoms with Crippen molar-refractivity contribution in [1.82, 2.24) is 9.29 Å². The second-order valence-electron chi connectivity index (χ2n) is 8.25. The molecule has 0 radical (unpaired) electrons. The summed E-state index contributed by atoms with van der Waals surface area (Å²) >= 11 is 1.60. The zero-order valence-corrected chi connectivity index (χ0v) is 24.4. The number of ether oxygens (including phenoxy) is 1. The molecular weight excluding hydrogens is 522 g/mol. The highest BCUT2D eigenvalue weighted by Crippen LogP contribution is 2.28. The van der Waals surface area contributed by atoms with Crippen LogP contribution in [0.15, 0.2) is 47.5 Å². The Morgan fingerprint density at radius 2 is 2.00 bits per heavy atom. The number of fused-ring (bicyclic) bond motifs is 1. The second kappa shape index (κ2) is 15.4. The van der Waals surface area contributed by atoms with Gasteiger partial charge in [-0.2, -0.15) is 0 Å². The van der Waals surface area contributed by atoms with Crippen LogP contribution in [0.3, 0.4) is 0 Å². The Balaban J connectivity index is 0.000000305. The first-order valence-corrected chi connectivity index (χ1v) is 14.6. The molecule has 38 heavy (non-hydrogen) atoms. The summed E-state index contributed by atoms with van der Waals surface area (Å²) in [7, 11) is -1.32. The van der Waals surface area contributed by atoms with Crippen molar-refractivity contribution in [3.05, 3.63) is 63.5 Å². The minimum absolute atomic E-state index is 0.127. The fourth-order valence-electron chi connectivity index (χ4n) is 3.60. The SMILES string of the molecule is CC.CCN(N)c1cccc(C)c1N.Cc1sc(CCC(=O)O)cc1CN1CCOc2ncccc2S1=O. The van der Waals surface area contributed by atoms with Crippen LogP contribution >= 0.6 is 11.3 Å². The maximum absolute atomic E-state index is 12.8. The number of benzene rings is 1. The van der Waals surface area contributed by atoms with Crippen LogP contribution in [0.25, 0.3) is 0 Å². The number of nitrogens with zero attached hydrogens (tertiary/aromatic N) is 3. The van der Waals surface area contributed by atoms with E-state index in [1.807, 2.05) is 63.2 Å². The van der Waals surface area contributed by atoms with Crippen LogP contribution in [-0.4, -0.2) is 44.3 Å². The molecule has 11 heteroatoms. The first kappa shape index (κ1) is 31.2. The Labute approximate surface area is 232 Å². The van der Waals surface area contributed by atoms with Gasteiger partial charge in [-0.25, -0.2) is 19.3 Å². The molecule has 3 heterocycles. The molecule has 9 nitrogen and oxygen atoms in total. The van der Waals surface area contributed by atoms with Gasteiger partial charge in [-0.1, -0.05) is 26.0 Å². The molecule has 1 aromatic carbocycles. The Bertz CT molecular complexity index is 1220. The van der Waals surface area contributed by atoms with Crippen molar-refractivity contribution in [1.29, 1.82) is 0 Å². The van der Waals surface area contributed by atoms with Crippen molar-refractivity contribution in [2.45, 2.75) is 58.9 Å². The Morgan fingerprint density at radius 1 is 1.26 bits per heavy atom. The number of pyridine rings is 1. The number of hydrazine groups is 1. The lowest BCUT2D eigenvalue weighted by molar-refractivity contribution is -0.136. The molecule has 5 N–H and O–H groups in total. The number of aliphatic carboxylic acids is 1. The Hall–Kier alpha value is -2.99. The molecule has 0 saturated heterocycles. The maximum atomic E-state index is 12.8. The third kappa shape index (κ3) is 8.52. The number of nitrogen functional groups attached to an aromatic ring is 1. The average molecular weight is 562 g/mol. The first-order valence-electron chi connectivity index (χ1n) is 12.6. The summed E-state index contributed by atoms with van der Waals surface area (Å²) < 4.78 is 20.3. The fourth-order valence-corrected chi connectivity index (χ4v) is 5.88. The molecule has 1 aliphatic rings. The molecule has 0 bridgehead atoms. The zero-order valence-electron chi connectivity index (χ0n) is 22.8. The molecule has 2 aromatic heterocycles. The zero-order chi connectivity index (χ0) is 28.2. The van der Waals surface area contributed by atoms with E-state index in [9.17, 15) is 9.00 Å². The number of anilines is 2. The largest absolute Gasteiger partial charge is 0.481 e. The number of aryl methyl sites for hydroxylation is 3. The van der Waals surface area contributed by atoms with Crippen molar-refractivity contribution in [2.24, 2.45) is 5.84 Å². The van der Waals surface area contributed by atoms with Gasteiger partial charge in [0, 0.05) is 35.6 Å². The van der Waals surface area contributed by atoms with Gasteiger partial charge in [0.25, 0.3) is 0 Å². The minimum Gasteiger partial charge on any atom is -0.481 e. The van der Waals surface area contributed by atoms with Gasteiger partial charge in [-0.3, -0.25) is 4.79 Å². The number of thiophene rings is 1. The topological polar surface area (TPSA) is 135 Å². The monoisotopic (exact) mass is 561 g/mol. The summed E-state index contributed by atoms with van der Waals surface area (Å²) in [4.78, 5) is 17.6. The van der Waals surface area contributed by atoms with Gasteiger partial charge in [0.1, 0.15) is 22.5 Å². The van der Waals surface area contributed by atoms with Gasteiger partial charge >= 0.3 is 5.97 Å². The van der Waals surface area contributed by atoms with Crippen molar-refractivity contribution in [2.75, 3.05) is 30.4 Å². The molecule has 0 spiro atoms. The number of hydrogen-bond donors (Lipinski definition) is 3. The molecule has 1 aliphatic heterocycles. The molecule has 4 rings (SSSR count). The third-order valence-electron chi connectivity index (χ3n) is 5.69. The highest BCUT2D eigenvalue weighted by Gasteiger charge is 2.24. The predicted octanol–water partition coefficient (Wildman–Crippen LogP) is 4.69. The van der Waals surface area contributed by atoms with Gasteiger partial charge in [0.15, 0.2) is 0 Å². The summed E-state index contributed by atoms with van der Waals surface area (Å²) in [6.45, 7) is 12.3. The van der Waals surface area contributed by atoms with Gasteiger partial charge in [-0.15, -0.1) is 11.3 Å². The normalized spacial score (nSPS) is 14.5. The average Bonchev–Trinajstić information content (AvgIpc) is 3.19. The number of rotatable bonds is 7. The molecule has 208 valence electrons. The first-order chi connectivity index (χ1) is 18.2. The van der Waals surface area contributed by atoms with Crippen LogP contribution in [0.5, 0.6) is 5.88 Å². The number of aromatic nitrogens is 1. The predicted molar refractivity (Wildman–Crippen MR) is 156 cm³/mol. The molecule has 0 fully saturated rings.